The Balaban J connectivity index is 1.96. The van der Waals surface area contributed by atoms with Crippen molar-refractivity contribution in [2.45, 2.75) is 6.92 Å². The number of nitrogens with two attached hydrogens (primary N) is 1. The number of amides is 3. The summed E-state index contributed by atoms with van der Waals surface area (Å²) in [6.45, 7) is 1.76. The van der Waals surface area contributed by atoms with E-state index < -0.39 is 6.03 Å². The van der Waals surface area contributed by atoms with E-state index in [1.165, 1.54) is 6.21 Å². The molecule has 0 spiro atoms. The molecule has 2 aromatic rings. The average molecular weight is 326 g/mol. The first-order chi connectivity index (χ1) is 11.6. The fourth-order valence-corrected chi connectivity index (χ4v) is 1.93. The van der Waals surface area contributed by atoms with Gasteiger partial charge in [-0.3, -0.25) is 4.79 Å². The van der Waals surface area contributed by atoms with Gasteiger partial charge in [0.25, 0.3) is 5.91 Å². The van der Waals surface area contributed by atoms with Gasteiger partial charge in [-0.05, 0) is 30.7 Å². The molecule has 0 aromatic heterocycles. The number of primary amides is 1. The Kier molecular flexibility index (Phi) is 5.90. The van der Waals surface area contributed by atoms with E-state index in [1.807, 2.05) is 31.2 Å². The summed E-state index contributed by atoms with van der Waals surface area (Å²) >= 11 is 0. The Labute approximate surface area is 139 Å². The summed E-state index contributed by atoms with van der Waals surface area (Å²) in [5.74, 6) is 0.193. The molecule has 0 unspecified atom stereocenters. The predicted octanol–water partition coefficient (Wildman–Crippen LogP) is 2.01. The first kappa shape index (κ1) is 17.0. The zero-order chi connectivity index (χ0) is 17.4. The van der Waals surface area contributed by atoms with Crippen molar-refractivity contribution in [2.75, 3.05) is 11.9 Å². The van der Waals surface area contributed by atoms with Gasteiger partial charge >= 0.3 is 6.03 Å². The van der Waals surface area contributed by atoms with Crippen LogP contribution in [0.25, 0.3) is 0 Å². The van der Waals surface area contributed by atoms with Crippen LogP contribution >= 0.6 is 0 Å². The normalized spacial score (nSPS) is 10.4. The van der Waals surface area contributed by atoms with Crippen LogP contribution in [-0.4, -0.2) is 24.8 Å². The van der Waals surface area contributed by atoms with Gasteiger partial charge in [0.05, 0.1) is 6.21 Å². The van der Waals surface area contributed by atoms with Crippen LogP contribution in [0.4, 0.5) is 10.5 Å². The zero-order valence-corrected chi connectivity index (χ0v) is 13.2. The summed E-state index contributed by atoms with van der Waals surface area (Å²) in [6, 6.07) is 13.7. The molecule has 4 N–H and O–H groups in total. The van der Waals surface area contributed by atoms with Crippen LogP contribution in [-0.2, 0) is 4.79 Å². The van der Waals surface area contributed by atoms with Crippen LogP contribution in [0, 0.1) is 6.92 Å². The number of aryl methyl sites for hydroxylation is 1. The minimum atomic E-state index is -0.762. The van der Waals surface area contributed by atoms with Crippen molar-refractivity contribution in [3.8, 4) is 5.75 Å². The highest BCUT2D eigenvalue weighted by Crippen LogP contribution is 2.16. The van der Waals surface area contributed by atoms with Gasteiger partial charge in [0, 0.05) is 11.3 Å². The average Bonchev–Trinajstić information content (AvgIpc) is 2.56. The van der Waals surface area contributed by atoms with Gasteiger partial charge in [-0.2, -0.15) is 5.10 Å². The maximum atomic E-state index is 12.0. The molecule has 0 atom stereocenters. The molecule has 0 saturated heterocycles. The van der Waals surface area contributed by atoms with E-state index in [0.717, 1.165) is 11.3 Å². The lowest BCUT2D eigenvalue weighted by Gasteiger charge is -2.10. The monoisotopic (exact) mass is 326 g/mol. The second-order valence-electron chi connectivity index (χ2n) is 4.92. The number of nitrogens with zero attached hydrogens (tertiary/aromatic N) is 1. The van der Waals surface area contributed by atoms with Gasteiger partial charge in [0.1, 0.15) is 5.75 Å². The molecule has 124 valence electrons. The molecule has 2 aromatic carbocycles. The van der Waals surface area contributed by atoms with E-state index in [9.17, 15) is 9.59 Å². The molecule has 0 bridgehead atoms. The molecule has 0 radical (unpaired) electrons. The summed E-state index contributed by atoms with van der Waals surface area (Å²) in [7, 11) is 0. The van der Waals surface area contributed by atoms with Crippen LogP contribution in [0.15, 0.2) is 53.6 Å². The Hall–Kier alpha value is -3.35. The Bertz CT molecular complexity index is 759. The minimum Gasteiger partial charge on any atom is -0.483 e. The molecule has 0 aliphatic rings. The summed E-state index contributed by atoms with van der Waals surface area (Å²) in [6.07, 6.45) is 1.39. The van der Waals surface area contributed by atoms with E-state index in [1.54, 1.807) is 24.3 Å². The molecule has 0 saturated carbocycles. The fourth-order valence-electron chi connectivity index (χ4n) is 1.93. The van der Waals surface area contributed by atoms with Crippen molar-refractivity contribution in [3.05, 3.63) is 59.7 Å². The number of urea groups is 1. The van der Waals surface area contributed by atoms with E-state index in [4.69, 9.17) is 10.5 Å². The number of anilines is 1. The van der Waals surface area contributed by atoms with Crippen LogP contribution < -0.4 is 21.2 Å². The number of rotatable bonds is 6. The SMILES string of the molecule is Cc1ccccc1NC(=O)COc1ccccc1C=NNC(N)=O. The van der Waals surface area contributed by atoms with Crippen molar-refractivity contribution >= 4 is 23.8 Å². The van der Waals surface area contributed by atoms with Crippen molar-refractivity contribution < 1.29 is 14.3 Å². The number of para-hydroxylation sites is 2. The van der Waals surface area contributed by atoms with Crippen molar-refractivity contribution in [1.29, 1.82) is 0 Å². The number of carbonyl (C=O) groups is 2. The fraction of sp³-hybridized carbons (Fsp3) is 0.118. The molecular weight excluding hydrogens is 308 g/mol. The Morgan fingerprint density at radius 1 is 1.17 bits per heavy atom. The van der Waals surface area contributed by atoms with Gasteiger partial charge in [0.15, 0.2) is 6.61 Å². The molecule has 0 aliphatic carbocycles. The minimum absolute atomic E-state index is 0.150. The number of hydrogen-bond donors (Lipinski definition) is 3. The Morgan fingerprint density at radius 2 is 1.88 bits per heavy atom. The molecule has 24 heavy (non-hydrogen) atoms. The lowest BCUT2D eigenvalue weighted by molar-refractivity contribution is -0.118. The van der Waals surface area contributed by atoms with Gasteiger partial charge in [-0.15, -0.1) is 0 Å². The maximum Gasteiger partial charge on any atom is 0.332 e. The number of carbonyl (C=O) groups excluding carboxylic acids is 2. The summed E-state index contributed by atoms with van der Waals surface area (Å²) in [5.41, 5.74) is 9.35. The lowest BCUT2D eigenvalue weighted by Crippen LogP contribution is -2.24. The van der Waals surface area contributed by atoms with Crippen LogP contribution in [0.1, 0.15) is 11.1 Å². The van der Waals surface area contributed by atoms with E-state index in [-0.39, 0.29) is 12.5 Å². The largest absolute Gasteiger partial charge is 0.483 e. The number of hydrazone groups is 1. The standard InChI is InChI=1S/C17H18N4O3/c1-12-6-2-4-8-14(12)20-16(22)11-24-15-9-5-3-7-13(15)10-19-21-17(18)23/h2-10H,11H2,1H3,(H,20,22)(H3,18,21,23). The lowest BCUT2D eigenvalue weighted by atomic mass is 10.2. The molecule has 7 heteroatoms. The van der Waals surface area contributed by atoms with Crippen molar-refractivity contribution in [1.82, 2.24) is 5.43 Å². The van der Waals surface area contributed by atoms with Crippen LogP contribution in [0.3, 0.4) is 0 Å². The second-order valence-corrected chi connectivity index (χ2v) is 4.92. The Morgan fingerprint density at radius 3 is 2.62 bits per heavy atom. The third kappa shape index (κ3) is 5.13. The number of nitrogens with one attached hydrogen (secondary N) is 2. The molecule has 0 heterocycles. The molecule has 7 nitrogen and oxygen atoms in total. The first-order valence-electron chi connectivity index (χ1n) is 7.22. The van der Waals surface area contributed by atoms with Gasteiger partial charge < -0.3 is 15.8 Å². The summed E-state index contributed by atoms with van der Waals surface area (Å²) in [4.78, 5) is 22.6. The highest BCUT2D eigenvalue weighted by molar-refractivity contribution is 5.93. The zero-order valence-electron chi connectivity index (χ0n) is 13.2. The maximum absolute atomic E-state index is 12.0. The number of ether oxygens (including phenoxy) is 1. The van der Waals surface area contributed by atoms with Crippen molar-refractivity contribution in [2.24, 2.45) is 10.8 Å². The predicted molar refractivity (Wildman–Crippen MR) is 92.1 cm³/mol. The van der Waals surface area contributed by atoms with E-state index >= 15 is 0 Å². The topological polar surface area (TPSA) is 106 Å². The van der Waals surface area contributed by atoms with Crippen LogP contribution in [0.5, 0.6) is 5.75 Å². The van der Waals surface area contributed by atoms with Crippen molar-refractivity contribution in [3.63, 3.8) is 0 Å². The van der Waals surface area contributed by atoms with E-state index in [0.29, 0.717) is 11.3 Å². The van der Waals surface area contributed by atoms with Gasteiger partial charge in [-0.25, -0.2) is 10.2 Å². The van der Waals surface area contributed by atoms with Crippen LogP contribution in [0.2, 0.25) is 0 Å². The molecule has 0 aliphatic heterocycles. The highest BCUT2D eigenvalue weighted by Gasteiger charge is 2.07. The van der Waals surface area contributed by atoms with Gasteiger partial charge in [0.2, 0.25) is 0 Å². The quantitative estimate of drug-likeness (QED) is 0.558. The molecule has 2 rings (SSSR count). The summed E-state index contributed by atoms with van der Waals surface area (Å²) < 4.78 is 5.52. The molecule has 0 fully saturated rings. The smallest absolute Gasteiger partial charge is 0.332 e. The third-order valence-corrected chi connectivity index (χ3v) is 3.08. The molecular formula is C17H18N4O3. The number of hydrogen-bond acceptors (Lipinski definition) is 4. The third-order valence-electron chi connectivity index (χ3n) is 3.08. The summed E-state index contributed by atoms with van der Waals surface area (Å²) in [5, 5.41) is 6.47. The first-order valence-corrected chi connectivity index (χ1v) is 7.22. The van der Waals surface area contributed by atoms with Gasteiger partial charge in [-0.1, -0.05) is 30.3 Å². The molecule has 3 amide bonds. The van der Waals surface area contributed by atoms with E-state index in [2.05, 4.69) is 15.8 Å². The highest BCUT2D eigenvalue weighted by atomic mass is 16.5. The number of benzene rings is 2. The second kappa shape index (κ2) is 8.33.